The molecule has 2 atom stereocenters. The third kappa shape index (κ3) is 2.96. The van der Waals surface area contributed by atoms with Crippen molar-refractivity contribution in [3.05, 3.63) is 29.8 Å². The van der Waals surface area contributed by atoms with E-state index in [9.17, 15) is 14.4 Å². The van der Waals surface area contributed by atoms with Crippen molar-refractivity contribution in [3.63, 3.8) is 0 Å². The molecule has 0 aliphatic heterocycles. The van der Waals surface area contributed by atoms with Crippen LogP contribution in [0.2, 0.25) is 0 Å². The number of nitrogens with two attached hydrogens (primary N) is 1. The van der Waals surface area contributed by atoms with Gasteiger partial charge in [-0.05, 0) is 31.0 Å². The lowest BCUT2D eigenvalue weighted by molar-refractivity contribution is -0.145. The van der Waals surface area contributed by atoms with E-state index in [0.717, 1.165) is 6.42 Å². The Morgan fingerprint density at radius 3 is 2.55 bits per heavy atom. The normalized spacial score (nSPS) is 21.4. The van der Waals surface area contributed by atoms with E-state index >= 15 is 0 Å². The number of carboxylic acids is 1. The van der Waals surface area contributed by atoms with Crippen LogP contribution in [0.15, 0.2) is 24.3 Å². The number of amides is 2. The first-order chi connectivity index (χ1) is 9.49. The van der Waals surface area contributed by atoms with Crippen LogP contribution >= 0.6 is 0 Å². The van der Waals surface area contributed by atoms with Gasteiger partial charge in [0.05, 0.1) is 11.8 Å². The number of primary amides is 1. The molecule has 6 heteroatoms. The molecule has 1 saturated carbocycles. The van der Waals surface area contributed by atoms with Crippen LogP contribution in [-0.2, 0) is 9.59 Å². The zero-order valence-electron chi connectivity index (χ0n) is 10.8. The van der Waals surface area contributed by atoms with Crippen LogP contribution in [0.25, 0.3) is 0 Å². The molecule has 106 valence electrons. The minimum Gasteiger partial charge on any atom is -0.481 e. The lowest BCUT2D eigenvalue weighted by atomic mass is 9.95. The zero-order chi connectivity index (χ0) is 14.7. The summed E-state index contributed by atoms with van der Waals surface area (Å²) >= 11 is 0. The molecule has 1 aliphatic carbocycles. The Bertz CT molecular complexity index is 556. The van der Waals surface area contributed by atoms with E-state index in [0.29, 0.717) is 24.1 Å². The molecule has 4 N–H and O–H groups in total. The fourth-order valence-corrected chi connectivity index (χ4v) is 2.55. The van der Waals surface area contributed by atoms with Crippen LogP contribution in [0.4, 0.5) is 5.69 Å². The second-order valence-electron chi connectivity index (χ2n) is 4.92. The van der Waals surface area contributed by atoms with Crippen LogP contribution in [-0.4, -0.2) is 22.9 Å². The molecule has 0 unspecified atom stereocenters. The standard InChI is InChI=1S/C14H16N2O4/c15-12(17)8-3-1-4-9(7-8)16-13(18)10-5-2-6-11(10)14(19)20/h1,3-4,7,10-11H,2,5-6H2,(H2,15,17)(H,16,18)(H,19,20)/t10-,11+/m1/s1. The molecular weight excluding hydrogens is 260 g/mol. The van der Waals surface area contributed by atoms with Crippen molar-refractivity contribution in [3.8, 4) is 0 Å². The number of carboxylic acid groups (broad SMARTS) is 1. The second-order valence-corrected chi connectivity index (χ2v) is 4.92. The van der Waals surface area contributed by atoms with Gasteiger partial charge in [0.2, 0.25) is 11.8 Å². The summed E-state index contributed by atoms with van der Waals surface area (Å²) in [6.45, 7) is 0. The van der Waals surface area contributed by atoms with Crippen molar-refractivity contribution in [1.82, 2.24) is 0 Å². The lowest BCUT2D eigenvalue weighted by Crippen LogP contribution is -2.30. The molecule has 1 aromatic rings. The summed E-state index contributed by atoms with van der Waals surface area (Å²) in [5.41, 5.74) is 5.91. The van der Waals surface area contributed by atoms with E-state index in [4.69, 9.17) is 10.8 Å². The fourth-order valence-electron chi connectivity index (χ4n) is 2.55. The number of anilines is 1. The zero-order valence-corrected chi connectivity index (χ0v) is 10.8. The number of rotatable bonds is 4. The third-order valence-electron chi connectivity index (χ3n) is 3.58. The van der Waals surface area contributed by atoms with Crippen LogP contribution in [0.3, 0.4) is 0 Å². The van der Waals surface area contributed by atoms with Gasteiger partial charge in [-0.1, -0.05) is 12.5 Å². The van der Waals surface area contributed by atoms with Gasteiger partial charge in [-0.3, -0.25) is 14.4 Å². The van der Waals surface area contributed by atoms with Crippen molar-refractivity contribution in [1.29, 1.82) is 0 Å². The van der Waals surface area contributed by atoms with Crippen LogP contribution < -0.4 is 11.1 Å². The van der Waals surface area contributed by atoms with Crippen LogP contribution in [0, 0.1) is 11.8 Å². The van der Waals surface area contributed by atoms with Crippen molar-refractivity contribution >= 4 is 23.5 Å². The Hall–Kier alpha value is -2.37. The minimum atomic E-state index is -0.937. The molecule has 20 heavy (non-hydrogen) atoms. The van der Waals surface area contributed by atoms with Crippen molar-refractivity contribution < 1.29 is 19.5 Å². The number of hydrogen-bond acceptors (Lipinski definition) is 3. The molecule has 1 aliphatic rings. The highest BCUT2D eigenvalue weighted by atomic mass is 16.4. The highest BCUT2D eigenvalue weighted by Gasteiger charge is 2.37. The Morgan fingerprint density at radius 1 is 1.20 bits per heavy atom. The van der Waals surface area contributed by atoms with Gasteiger partial charge in [-0.2, -0.15) is 0 Å². The van der Waals surface area contributed by atoms with Crippen molar-refractivity contribution in [2.75, 3.05) is 5.32 Å². The summed E-state index contributed by atoms with van der Waals surface area (Å²) in [6, 6.07) is 6.27. The number of aliphatic carboxylic acids is 1. The van der Waals surface area contributed by atoms with Gasteiger partial charge in [0.25, 0.3) is 0 Å². The Morgan fingerprint density at radius 2 is 1.90 bits per heavy atom. The highest BCUT2D eigenvalue weighted by Crippen LogP contribution is 2.32. The fraction of sp³-hybridized carbons (Fsp3) is 0.357. The smallest absolute Gasteiger partial charge is 0.307 e. The predicted molar refractivity (Wildman–Crippen MR) is 72.1 cm³/mol. The second kappa shape index (κ2) is 5.73. The Balaban J connectivity index is 2.09. The van der Waals surface area contributed by atoms with Gasteiger partial charge in [0.15, 0.2) is 0 Å². The van der Waals surface area contributed by atoms with Gasteiger partial charge in [0.1, 0.15) is 0 Å². The molecule has 0 bridgehead atoms. The summed E-state index contributed by atoms with van der Waals surface area (Å²) in [5.74, 6) is -2.99. The van der Waals surface area contributed by atoms with E-state index in [1.807, 2.05) is 0 Å². The summed E-state index contributed by atoms with van der Waals surface area (Å²) < 4.78 is 0. The molecule has 0 heterocycles. The van der Waals surface area contributed by atoms with Gasteiger partial charge in [-0.15, -0.1) is 0 Å². The van der Waals surface area contributed by atoms with Crippen LogP contribution in [0.1, 0.15) is 29.6 Å². The first-order valence-electron chi connectivity index (χ1n) is 6.42. The number of carbonyl (C=O) groups is 3. The summed E-state index contributed by atoms with van der Waals surface area (Å²) in [7, 11) is 0. The van der Waals surface area contributed by atoms with Crippen LogP contribution in [0.5, 0.6) is 0 Å². The number of hydrogen-bond donors (Lipinski definition) is 3. The van der Waals surface area contributed by atoms with E-state index < -0.39 is 23.7 Å². The first-order valence-corrected chi connectivity index (χ1v) is 6.42. The molecule has 0 spiro atoms. The van der Waals surface area contributed by atoms with Crippen molar-refractivity contribution in [2.24, 2.45) is 17.6 Å². The average Bonchev–Trinajstić information content (AvgIpc) is 2.88. The largest absolute Gasteiger partial charge is 0.481 e. The number of benzene rings is 1. The SMILES string of the molecule is NC(=O)c1cccc(NC(=O)[C@@H]2CCC[C@@H]2C(=O)O)c1. The molecule has 2 amide bonds. The molecule has 6 nitrogen and oxygen atoms in total. The lowest BCUT2D eigenvalue weighted by Gasteiger charge is -2.15. The molecule has 2 rings (SSSR count). The molecular formula is C14H16N2O4. The molecule has 1 aromatic carbocycles. The minimum absolute atomic E-state index is 0.295. The number of nitrogens with one attached hydrogen (secondary N) is 1. The Kier molecular flexibility index (Phi) is 4.02. The predicted octanol–water partition coefficient (Wildman–Crippen LogP) is 1.22. The monoisotopic (exact) mass is 276 g/mol. The van der Waals surface area contributed by atoms with E-state index in [1.165, 1.54) is 6.07 Å². The average molecular weight is 276 g/mol. The first kappa shape index (κ1) is 14.0. The highest BCUT2D eigenvalue weighted by molar-refractivity contribution is 5.98. The maximum Gasteiger partial charge on any atom is 0.307 e. The molecule has 1 fully saturated rings. The molecule has 0 radical (unpaired) electrons. The van der Waals surface area contributed by atoms with Gasteiger partial charge in [-0.25, -0.2) is 0 Å². The summed E-state index contributed by atoms with van der Waals surface area (Å²) in [5, 5.41) is 11.7. The van der Waals surface area contributed by atoms with E-state index in [2.05, 4.69) is 5.32 Å². The van der Waals surface area contributed by atoms with Gasteiger partial charge < -0.3 is 16.2 Å². The number of carbonyl (C=O) groups excluding carboxylic acids is 2. The topological polar surface area (TPSA) is 109 Å². The maximum atomic E-state index is 12.1. The molecule has 0 aromatic heterocycles. The Labute approximate surface area is 116 Å². The summed E-state index contributed by atoms with van der Waals surface area (Å²) in [4.78, 5) is 34.3. The quantitative estimate of drug-likeness (QED) is 0.768. The summed E-state index contributed by atoms with van der Waals surface area (Å²) in [6.07, 6.45) is 1.82. The third-order valence-corrected chi connectivity index (χ3v) is 3.58. The maximum absolute atomic E-state index is 12.1. The molecule has 0 saturated heterocycles. The van der Waals surface area contributed by atoms with Gasteiger partial charge >= 0.3 is 5.97 Å². The van der Waals surface area contributed by atoms with Crippen molar-refractivity contribution in [2.45, 2.75) is 19.3 Å². The van der Waals surface area contributed by atoms with E-state index in [-0.39, 0.29) is 5.91 Å². The van der Waals surface area contributed by atoms with Gasteiger partial charge in [0, 0.05) is 11.3 Å². The van der Waals surface area contributed by atoms with E-state index in [1.54, 1.807) is 18.2 Å².